The Kier molecular flexibility index (Phi) is 7.62. The minimum Gasteiger partial charge on any atom is -0.496 e. The van der Waals surface area contributed by atoms with E-state index in [0.717, 1.165) is 67.5 Å². The lowest BCUT2D eigenvalue weighted by Crippen LogP contribution is -2.38. The van der Waals surface area contributed by atoms with Gasteiger partial charge in [0.2, 0.25) is 5.91 Å². The highest BCUT2D eigenvalue weighted by Gasteiger charge is 2.26. The van der Waals surface area contributed by atoms with Crippen molar-refractivity contribution in [3.8, 4) is 17.0 Å². The number of nitrogens with zero attached hydrogens (tertiary/aromatic N) is 4. The van der Waals surface area contributed by atoms with Crippen LogP contribution in [0.4, 0.5) is 17.2 Å². The van der Waals surface area contributed by atoms with Crippen LogP contribution in [0.5, 0.6) is 5.75 Å². The predicted molar refractivity (Wildman–Crippen MR) is 138 cm³/mol. The molecule has 1 aromatic heterocycles. The second-order valence-corrected chi connectivity index (χ2v) is 8.45. The average molecular weight is 460 g/mol. The molecule has 1 saturated heterocycles. The monoisotopic (exact) mass is 459 g/mol. The third-order valence-electron chi connectivity index (χ3n) is 6.49. The highest BCUT2D eigenvalue weighted by atomic mass is 16.5. The van der Waals surface area contributed by atoms with Gasteiger partial charge in [-0.05, 0) is 75.2 Å². The molecule has 3 aromatic rings. The molecule has 1 N–H and O–H groups in total. The molecule has 34 heavy (non-hydrogen) atoms. The van der Waals surface area contributed by atoms with Crippen LogP contribution in [0.15, 0.2) is 60.7 Å². The van der Waals surface area contributed by atoms with Crippen molar-refractivity contribution in [2.75, 3.05) is 48.4 Å². The molecule has 4 rings (SSSR count). The van der Waals surface area contributed by atoms with Crippen LogP contribution in [0, 0.1) is 5.92 Å². The van der Waals surface area contributed by atoms with Crippen LogP contribution < -0.4 is 19.9 Å². The maximum absolute atomic E-state index is 12.8. The molecule has 0 radical (unpaired) electrons. The zero-order valence-electron chi connectivity index (χ0n) is 20.2. The molecule has 0 bridgehead atoms. The van der Waals surface area contributed by atoms with Crippen LogP contribution >= 0.6 is 0 Å². The van der Waals surface area contributed by atoms with E-state index in [1.807, 2.05) is 48.5 Å². The number of nitrogens with one attached hydrogen (secondary N) is 1. The summed E-state index contributed by atoms with van der Waals surface area (Å²) in [6.45, 7) is 7.78. The molecule has 1 aliphatic rings. The summed E-state index contributed by atoms with van der Waals surface area (Å²) in [5, 5.41) is 12.0. The molecule has 1 aliphatic heterocycles. The minimum absolute atomic E-state index is 0.000444. The Balaban J connectivity index is 1.32. The van der Waals surface area contributed by atoms with Gasteiger partial charge in [0.1, 0.15) is 5.75 Å². The summed E-state index contributed by atoms with van der Waals surface area (Å²) < 4.78 is 5.43. The summed E-state index contributed by atoms with van der Waals surface area (Å²) in [6.07, 6.45) is 1.58. The van der Waals surface area contributed by atoms with Crippen molar-refractivity contribution >= 4 is 23.1 Å². The number of amides is 1. The molecular formula is C27H33N5O2. The number of carbonyl (C=O) groups excluding carboxylic acids is 1. The third kappa shape index (κ3) is 5.30. The first-order valence-electron chi connectivity index (χ1n) is 12.0. The topological polar surface area (TPSA) is 70.6 Å². The smallest absolute Gasteiger partial charge is 0.227 e. The summed E-state index contributed by atoms with van der Waals surface area (Å²) in [7, 11) is 1.66. The van der Waals surface area contributed by atoms with E-state index in [9.17, 15) is 4.79 Å². The summed E-state index contributed by atoms with van der Waals surface area (Å²) in [5.41, 5.74) is 3.72. The number of para-hydroxylation sites is 1. The van der Waals surface area contributed by atoms with E-state index < -0.39 is 0 Å². The summed E-state index contributed by atoms with van der Waals surface area (Å²) in [6, 6.07) is 19.9. The van der Waals surface area contributed by atoms with Gasteiger partial charge in [0, 0.05) is 49.0 Å². The number of methoxy groups -OCH3 is 1. The van der Waals surface area contributed by atoms with Crippen molar-refractivity contribution < 1.29 is 9.53 Å². The molecule has 2 heterocycles. The van der Waals surface area contributed by atoms with Crippen molar-refractivity contribution in [1.29, 1.82) is 0 Å². The number of hydrogen-bond donors (Lipinski definition) is 1. The Morgan fingerprint density at radius 1 is 1.00 bits per heavy atom. The van der Waals surface area contributed by atoms with Crippen molar-refractivity contribution in [2.24, 2.45) is 5.92 Å². The predicted octanol–water partition coefficient (Wildman–Crippen LogP) is 4.85. The molecule has 2 aromatic carbocycles. The fourth-order valence-corrected chi connectivity index (χ4v) is 4.45. The third-order valence-corrected chi connectivity index (χ3v) is 6.49. The highest BCUT2D eigenvalue weighted by Crippen LogP contribution is 2.29. The lowest BCUT2D eigenvalue weighted by Gasteiger charge is -2.31. The molecule has 0 spiro atoms. The van der Waals surface area contributed by atoms with Gasteiger partial charge in [-0.25, -0.2) is 0 Å². The number of rotatable bonds is 8. The molecule has 7 heteroatoms. The van der Waals surface area contributed by atoms with Crippen LogP contribution in [0.1, 0.15) is 26.7 Å². The van der Waals surface area contributed by atoms with E-state index in [0.29, 0.717) is 0 Å². The first-order chi connectivity index (χ1) is 16.6. The summed E-state index contributed by atoms with van der Waals surface area (Å²) in [5.74, 6) is 1.70. The van der Waals surface area contributed by atoms with Gasteiger partial charge in [0.15, 0.2) is 5.82 Å². The van der Waals surface area contributed by atoms with E-state index >= 15 is 0 Å². The standard InChI is InChI=1S/C27H33N5O2/c1-4-31(5-2)22-12-10-21(11-13-22)28-27(33)20-16-18-32(19-17-20)26-15-14-24(29-30-26)23-8-6-7-9-25(23)34-3/h6-15,20H,4-5,16-19H2,1-3H3,(H,28,33). The zero-order valence-corrected chi connectivity index (χ0v) is 20.2. The molecule has 1 amide bonds. The lowest BCUT2D eigenvalue weighted by atomic mass is 9.95. The number of anilines is 3. The number of carbonyl (C=O) groups is 1. The van der Waals surface area contributed by atoms with Gasteiger partial charge < -0.3 is 19.9 Å². The molecule has 0 atom stereocenters. The van der Waals surface area contributed by atoms with E-state index in [1.165, 1.54) is 5.69 Å². The Bertz CT molecular complexity index is 1070. The SMILES string of the molecule is CCN(CC)c1ccc(NC(=O)C2CCN(c3ccc(-c4ccccc4OC)nn3)CC2)cc1. The second-order valence-electron chi connectivity index (χ2n) is 8.45. The van der Waals surface area contributed by atoms with Crippen LogP contribution in [-0.2, 0) is 4.79 Å². The number of piperidine rings is 1. The fourth-order valence-electron chi connectivity index (χ4n) is 4.45. The van der Waals surface area contributed by atoms with Crippen LogP contribution in [0.25, 0.3) is 11.3 Å². The molecule has 1 fully saturated rings. The second kappa shape index (κ2) is 11.0. The Labute approximate surface area is 201 Å². The van der Waals surface area contributed by atoms with Crippen LogP contribution in [0.2, 0.25) is 0 Å². The van der Waals surface area contributed by atoms with Crippen LogP contribution in [-0.4, -0.2) is 49.4 Å². The minimum atomic E-state index is -0.000444. The van der Waals surface area contributed by atoms with Gasteiger partial charge in [-0.15, -0.1) is 10.2 Å². The molecule has 0 aliphatic carbocycles. The number of aromatic nitrogens is 2. The number of benzene rings is 2. The maximum atomic E-state index is 12.8. The quantitative estimate of drug-likeness (QED) is 0.519. The van der Waals surface area contributed by atoms with Gasteiger partial charge in [-0.3, -0.25) is 4.79 Å². The normalized spacial score (nSPS) is 14.0. The zero-order chi connectivity index (χ0) is 23.9. The number of hydrogen-bond acceptors (Lipinski definition) is 6. The largest absolute Gasteiger partial charge is 0.496 e. The molecule has 178 valence electrons. The molecule has 0 saturated carbocycles. The van der Waals surface area contributed by atoms with Crippen LogP contribution in [0.3, 0.4) is 0 Å². The average Bonchev–Trinajstić information content (AvgIpc) is 2.90. The van der Waals surface area contributed by atoms with Crippen molar-refractivity contribution in [2.45, 2.75) is 26.7 Å². The first-order valence-corrected chi connectivity index (χ1v) is 12.0. The van der Waals surface area contributed by atoms with Gasteiger partial charge in [-0.1, -0.05) is 12.1 Å². The molecule has 0 unspecified atom stereocenters. The van der Waals surface area contributed by atoms with Gasteiger partial charge in [0.05, 0.1) is 12.8 Å². The Hall–Kier alpha value is -3.61. The first kappa shape index (κ1) is 23.5. The highest BCUT2D eigenvalue weighted by molar-refractivity contribution is 5.92. The van der Waals surface area contributed by atoms with Gasteiger partial charge in [0.25, 0.3) is 0 Å². The van der Waals surface area contributed by atoms with E-state index in [4.69, 9.17) is 4.74 Å². The molecule has 7 nitrogen and oxygen atoms in total. The van der Waals surface area contributed by atoms with Crippen molar-refractivity contribution in [1.82, 2.24) is 10.2 Å². The van der Waals surface area contributed by atoms with E-state index in [2.05, 4.69) is 51.3 Å². The Morgan fingerprint density at radius 3 is 2.32 bits per heavy atom. The summed E-state index contributed by atoms with van der Waals surface area (Å²) in [4.78, 5) is 17.3. The Morgan fingerprint density at radius 2 is 1.71 bits per heavy atom. The van der Waals surface area contributed by atoms with Crippen molar-refractivity contribution in [3.63, 3.8) is 0 Å². The number of ether oxygens (including phenoxy) is 1. The molecular weight excluding hydrogens is 426 g/mol. The fraction of sp³-hybridized carbons (Fsp3) is 0.370. The van der Waals surface area contributed by atoms with E-state index in [-0.39, 0.29) is 11.8 Å². The van der Waals surface area contributed by atoms with Gasteiger partial charge >= 0.3 is 0 Å². The van der Waals surface area contributed by atoms with Crippen molar-refractivity contribution in [3.05, 3.63) is 60.7 Å². The van der Waals surface area contributed by atoms with E-state index in [1.54, 1.807) is 7.11 Å². The van der Waals surface area contributed by atoms with Gasteiger partial charge in [-0.2, -0.15) is 0 Å². The summed E-state index contributed by atoms with van der Waals surface area (Å²) >= 11 is 0. The maximum Gasteiger partial charge on any atom is 0.227 e. The lowest BCUT2D eigenvalue weighted by molar-refractivity contribution is -0.120.